The van der Waals surface area contributed by atoms with Crippen molar-refractivity contribution in [1.82, 2.24) is 0 Å². The lowest BCUT2D eigenvalue weighted by molar-refractivity contribution is 0.0696. The van der Waals surface area contributed by atoms with Crippen LogP contribution in [0.3, 0.4) is 0 Å². The molecule has 2 bridgehead atoms. The van der Waals surface area contributed by atoms with Gasteiger partial charge in [-0.1, -0.05) is 12.1 Å². The molecule has 3 rings (SSSR count). The average Bonchev–Trinajstić information content (AvgIpc) is 3.05. The van der Waals surface area contributed by atoms with Crippen molar-refractivity contribution in [2.45, 2.75) is 37.9 Å². The highest BCUT2D eigenvalue weighted by Gasteiger charge is 2.47. The third kappa shape index (κ3) is 2.45. The molecule has 2 aliphatic heterocycles. The van der Waals surface area contributed by atoms with Crippen LogP contribution >= 0.6 is 0 Å². The summed E-state index contributed by atoms with van der Waals surface area (Å²) < 4.78 is 5.89. The Morgan fingerprint density at radius 1 is 1.15 bits per heavy atom. The maximum absolute atomic E-state index is 10.8. The average molecular weight is 276 g/mol. The molecular formula is C16H20O4. The molecule has 4 heteroatoms. The summed E-state index contributed by atoms with van der Waals surface area (Å²) in [4.78, 5) is 10.8. The zero-order valence-corrected chi connectivity index (χ0v) is 11.4. The maximum Gasteiger partial charge on any atom is 0.335 e. The molecule has 20 heavy (non-hydrogen) atoms. The number of rotatable bonds is 5. The van der Waals surface area contributed by atoms with Crippen LogP contribution in [-0.2, 0) is 11.2 Å². The first kappa shape index (κ1) is 13.6. The molecule has 0 spiro atoms. The molecule has 1 aromatic carbocycles. The minimum atomic E-state index is -0.890. The number of aromatic carboxylic acids is 1. The van der Waals surface area contributed by atoms with E-state index in [1.807, 2.05) is 12.1 Å². The van der Waals surface area contributed by atoms with Crippen LogP contribution in [0.15, 0.2) is 24.3 Å². The molecular weight excluding hydrogens is 256 g/mol. The molecule has 2 heterocycles. The standard InChI is InChI=1S/C16H20O4/c17-9-13-12(14-7-8-15(13)20-14)6-3-10-1-4-11(5-2-10)16(18)19/h1-2,4-5,12-15,17H,3,6-9H2,(H,18,19)/t12-,13+,14?,15-/m0/s1. The molecule has 2 fully saturated rings. The lowest BCUT2D eigenvalue weighted by atomic mass is 9.77. The van der Waals surface area contributed by atoms with E-state index in [0.29, 0.717) is 17.6 Å². The summed E-state index contributed by atoms with van der Waals surface area (Å²) in [6.07, 6.45) is 4.68. The SMILES string of the molecule is O=C(O)c1ccc(CC[C@@H]2C3CC[C@H](O3)[C@@H]2CO)cc1. The molecule has 2 N–H and O–H groups in total. The van der Waals surface area contributed by atoms with Crippen LogP contribution in [-0.4, -0.2) is 35.0 Å². The number of carboxylic acids is 1. The number of ether oxygens (including phenoxy) is 1. The van der Waals surface area contributed by atoms with Gasteiger partial charge in [0, 0.05) is 12.5 Å². The lowest BCUT2D eigenvalue weighted by Gasteiger charge is -2.26. The van der Waals surface area contributed by atoms with E-state index in [9.17, 15) is 9.90 Å². The van der Waals surface area contributed by atoms with Crippen molar-refractivity contribution in [3.8, 4) is 0 Å². The molecule has 0 amide bonds. The first-order valence-electron chi connectivity index (χ1n) is 7.27. The van der Waals surface area contributed by atoms with E-state index in [1.54, 1.807) is 12.1 Å². The van der Waals surface area contributed by atoms with E-state index in [-0.39, 0.29) is 18.6 Å². The highest BCUT2D eigenvalue weighted by atomic mass is 16.5. The van der Waals surface area contributed by atoms with Gasteiger partial charge in [-0.25, -0.2) is 4.79 Å². The fraction of sp³-hybridized carbons (Fsp3) is 0.562. The Labute approximate surface area is 118 Å². The van der Waals surface area contributed by atoms with Crippen molar-refractivity contribution < 1.29 is 19.7 Å². The van der Waals surface area contributed by atoms with Gasteiger partial charge in [0.15, 0.2) is 0 Å². The first-order valence-corrected chi connectivity index (χ1v) is 7.27. The predicted octanol–water partition coefficient (Wildman–Crippen LogP) is 2.10. The number of aryl methyl sites for hydroxylation is 1. The Morgan fingerprint density at radius 2 is 1.80 bits per heavy atom. The van der Waals surface area contributed by atoms with Gasteiger partial charge in [0.1, 0.15) is 0 Å². The zero-order chi connectivity index (χ0) is 14.1. The van der Waals surface area contributed by atoms with Crippen LogP contribution in [0, 0.1) is 11.8 Å². The van der Waals surface area contributed by atoms with E-state index in [2.05, 4.69) is 0 Å². The first-order chi connectivity index (χ1) is 9.69. The molecule has 1 aromatic rings. The highest BCUT2D eigenvalue weighted by Crippen LogP contribution is 2.45. The minimum Gasteiger partial charge on any atom is -0.478 e. The molecule has 0 radical (unpaired) electrons. The number of carbonyl (C=O) groups is 1. The smallest absolute Gasteiger partial charge is 0.335 e. The van der Waals surface area contributed by atoms with E-state index >= 15 is 0 Å². The van der Waals surface area contributed by atoms with Crippen LogP contribution < -0.4 is 0 Å². The number of aliphatic hydroxyl groups excluding tert-OH is 1. The molecule has 1 unspecified atom stereocenters. The molecule has 0 saturated carbocycles. The maximum atomic E-state index is 10.8. The summed E-state index contributed by atoms with van der Waals surface area (Å²) in [5, 5.41) is 18.4. The van der Waals surface area contributed by atoms with Gasteiger partial charge in [-0.15, -0.1) is 0 Å². The fourth-order valence-electron chi connectivity index (χ4n) is 3.67. The van der Waals surface area contributed by atoms with Gasteiger partial charge >= 0.3 is 5.97 Å². The quantitative estimate of drug-likeness (QED) is 0.864. The summed E-state index contributed by atoms with van der Waals surface area (Å²) in [5.74, 6) is -0.164. The van der Waals surface area contributed by atoms with Gasteiger partial charge in [0.05, 0.1) is 17.8 Å². The zero-order valence-electron chi connectivity index (χ0n) is 11.4. The Kier molecular flexibility index (Phi) is 3.76. The second kappa shape index (κ2) is 5.54. The van der Waals surface area contributed by atoms with Gasteiger partial charge < -0.3 is 14.9 Å². The van der Waals surface area contributed by atoms with Crippen molar-refractivity contribution in [2.75, 3.05) is 6.61 Å². The normalized spacial score (nSPS) is 31.6. The summed E-state index contributed by atoms with van der Waals surface area (Å²) in [5.41, 5.74) is 1.47. The van der Waals surface area contributed by atoms with Crippen LogP contribution in [0.25, 0.3) is 0 Å². The minimum absolute atomic E-state index is 0.212. The van der Waals surface area contributed by atoms with Crippen LogP contribution in [0.5, 0.6) is 0 Å². The van der Waals surface area contributed by atoms with Crippen LogP contribution in [0.2, 0.25) is 0 Å². The number of fused-ring (bicyclic) bond motifs is 2. The predicted molar refractivity (Wildman–Crippen MR) is 73.7 cm³/mol. The molecule has 2 saturated heterocycles. The third-order valence-corrected chi connectivity index (χ3v) is 4.77. The largest absolute Gasteiger partial charge is 0.478 e. The monoisotopic (exact) mass is 276 g/mol. The Morgan fingerprint density at radius 3 is 2.40 bits per heavy atom. The van der Waals surface area contributed by atoms with E-state index in [0.717, 1.165) is 31.2 Å². The van der Waals surface area contributed by atoms with E-state index in [1.165, 1.54) is 0 Å². The second-order valence-corrected chi connectivity index (χ2v) is 5.84. The number of hydrogen-bond donors (Lipinski definition) is 2. The van der Waals surface area contributed by atoms with E-state index in [4.69, 9.17) is 9.84 Å². The number of hydrogen-bond acceptors (Lipinski definition) is 3. The van der Waals surface area contributed by atoms with Crippen LogP contribution in [0.4, 0.5) is 0 Å². The Bertz CT molecular complexity index is 482. The molecule has 2 aliphatic rings. The van der Waals surface area contributed by atoms with Crippen molar-refractivity contribution in [1.29, 1.82) is 0 Å². The molecule has 4 atom stereocenters. The van der Waals surface area contributed by atoms with Crippen molar-refractivity contribution in [3.63, 3.8) is 0 Å². The third-order valence-electron chi connectivity index (χ3n) is 4.77. The summed E-state index contributed by atoms with van der Waals surface area (Å²) in [6.45, 7) is 0.212. The number of aliphatic hydroxyl groups is 1. The Hall–Kier alpha value is -1.39. The van der Waals surface area contributed by atoms with Gasteiger partial charge in [0.2, 0.25) is 0 Å². The molecule has 0 aliphatic carbocycles. The van der Waals surface area contributed by atoms with Crippen molar-refractivity contribution in [3.05, 3.63) is 35.4 Å². The van der Waals surface area contributed by atoms with E-state index < -0.39 is 5.97 Å². The van der Waals surface area contributed by atoms with Gasteiger partial charge in [-0.3, -0.25) is 0 Å². The molecule has 0 aromatic heterocycles. The topological polar surface area (TPSA) is 66.8 Å². The van der Waals surface area contributed by atoms with Crippen LogP contribution in [0.1, 0.15) is 35.2 Å². The number of benzene rings is 1. The van der Waals surface area contributed by atoms with Crippen molar-refractivity contribution in [2.24, 2.45) is 11.8 Å². The lowest BCUT2D eigenvalue weighted by Crippen LogP contribution is -2.30. The summed E-state index contributed by atoms with van der Waals surface area (Å²) >= 11 is 0. The van der Waals surface area contributed by atoms with Crippen molar-refractivity contribution >= 4 is 5.97 Å². The van der Waals surface area contributed by atoms with Gasteiger partial charge in [-0.2, -0.15) is 0 Å². The highest BCUT2D eigenvalue weighted by molar-refractivity contribution is 5.87. The molecule has 108 valence electrons. The summed E-state index contributed by atoms with van der Waals surface area (Å²) in [7, 11) is 0. The van der Waals surface area contributed by atoms with Gasteiger partial charge in [0.25, 0.3) is 0 Å². The second-order valence-electron chi connectivity index (χ2n) is 5.84. The molecule has 4 nitrogen and oxygen atoms in total. The fourth-order valence-corrected chi connectivity index (χ4v) is 3.67. The Balaban J connectivity index is 1.60. The number of carboxylic acid groups (broad SMARTS) is 1. The van der Waals surface area contributed by atoms with Gasteiger partial charge in [-0.05, 0) is 49.3 Å². The summed E-state index contributed by atoms with van der Waals surface area (Å²) in [6, 6.07) is 7.06.